The maximum absolute atomic E-state index is 5.76. The number of unbranched alkanes of at least 4 members (excludes halogenated alkanes) is 4. The molecule has 0 unspecified atom stereocenters. The van der Waals surface area contributed by atoms with E-state index < -0.39 is 0 Å². The summed E-state index contributed by atoms with van der Waals surface area (Å²) in [6, 6.07) is 6.26. The molecule has 0 N–H and O–H groups in total. The summed E-state index contributed by atoms with van der Waals surface area (Å²) in [6.45, 7) is 6.40. The first-order valence-corrected chi connectivity index (χ1v) is 7.53. The largest absolute Gasteiger partial charge is 0.450 e. The third-order valence-electron chi connectivity index (χ3n) is 2.77. The number of ether oxygens (including phenoxy) is 1. The molecular weight excluding hydrogens is 288 g/mol. The molecule has 0 aliphatic carbocycles. The maximum Gasteiger partial charge on any atom is 0.165 e. The van der Waals surface area contributed by atoms with E-state index in [1.54, 1.807) is 0 Å². The van der Waals surface area contributed by atoms with E-state index in [0.717, 1.165) is 16.8 Å². The summed E-state index contributed by atoms with van der Waals surface area (Å²) in [4.78, 5) is 0. The molecule has 0 saturated heterocycles. The molecule has 0 aromatic heterocycles. The van der Waals surface area contributed by atoms with Crippen LogP contribution in [0.15, 0.2) is 28.9 Å². The Kier molecular flexibility index (Phi) is 7.11. The summed E-state index contributed by atoms with van der Waals surface area (Å²) in [5.41, 5.74) is 2.46. The lowest BCUT2D eigenvalue weighted by Gasteiger charge is -2.07. The second kappa shape index (κ2) is 8.36. The Morgan fingerprint density at radius 3 is 2.39 bits per heavy atom. The second-order valence-corrected chi connectivity index (χ2v) is 5.56. The van der Waals surface area contributed by atoms with Gasteiger partial charge in [0, 0.05) is 0 Å². The van der Waals surface area contributed by atoms with Gasteiger partial charge in [0.05, 0.1) is 0 Å². The number of hydrogen-bond donors (Lipinski definition) is 0. The normalized spacial score (nSPS) is 11.7. The molecule has 0 aliphatic rings. The van der Waals surface area contributed by atoms with Gasteiger partial charge in [-0.25, -0.2) is 0 Å². The van der Waals surface area contributed by atoms with Crippen LogP contribution in [0.25, 0.3) is 0 Å². The molecule has 0 aliphatic heterocycles. The molecule has 0 heterocycles. The summed E-state index contributed by atoms with van der Waals surface area (Å²) in [5, 5.41) is 0. The molecule has 0 atom stereocenters. The van der Waals surface area contributed by atoms with Crippen LogP contribution in [0.3, 0.4) is 0 Å². The standard InChI is InChI=1S/C16H23BrO/c1-4-5-6-7-8-9-16(17)18-15-11-13(2)10-14(3)12-15/h9-12H,4-8H2,1-3H3/b16-9+. The van der Waals surface area contributed by atoms with Crippen LogP contribution in [-0.2, 0) is 0 Å². The van der Waals surface area contributed by atoms with Gasteiger partial charge in [0.15, 0.2) is 4.67 Å². The van der Waals surface area contributed by atoms with Gasteiger partial charge >= 0.3 is 0 Å². The molecule has 0 amide bonds. The molecule has 1 rings (SSSR count). The molecule has 18 heavy (non-hydrogen) atoms. The monoisotopic (exact) mass is 310 g/mol. The summed E-state index contributed by atoms with van der Waals surface area (Å²) < 4.78 is 6.58. The van der Waals surface area contributed by atoms with E-state index in [1.165, 1.54) is 36.8 Å². The van der Waals surface area contributed by atoms with Crippen molar-refractivity contribution in [2.24, 2.45) is 0 Å². The van der Waals surface area contributed by atoms with Crippen molar-refractivity contribution >= 4 is 15.9 Å². The van der Waals surface area contributed by atoms with E-state index in [2.05, 4.69) is 61.0 Å². The van der Waals surface area contributed by atoms with Crippen LogP contribution in [0, 0.1) is 13.8 Å². The lowest BCUT2D eigenvalue weighted by Crippen LogP contribution is -1.90. The van der Waals surface area contributed by atoms with E-state index in [-0.39, 0.29) is 0 Å². The molecule has 2 heteroatoms. The first kappa shape index (κ1) is 15.3. The summed E-state index contributed by atoms with van der Waals surface area (Å²) >= 11 is 3.47. The van der Waals surface area contributed by atoms with Crippen LogP contribution in [0.4, 0.5) is 0 Å². The lowest BCUT2D eigenvalue weighted by atomic mass is 10.1. The Morgan fingerprint density at radius 2 is 1.78 bits per heavy atom. The smallest absolute Gasteiger partial charge is 0.165 e. The summed E-state index contributed by atoms with van der Waals surface area (Å²) in [6.07, 6.45) is 8.34. The highest BCUT2D eigenvalue weighted by Gasteiger charge is 1.99. The van der Waals surface area contributed by atoms with E-state index in [4.69, 9.17) is 4.74 Å². The average Bonchev–Trinajstić information content (AvgIpc) is 2.27. The topological polar surface area (TPSA) is 9.23 Å². The number of aryl methyl sites for hydroxylation is 2. The third-order valence-corrected chi connectivity index (χ3v) is 3.26. The van der Waals surface area contributed by atoms with Gasteiger partial charge < -0.3 is 4.74 Å². The van der Waals surface area contributed by atoms with Crippen molar-refractivity contribution in [1.29, 1.82) is 0 Å². The second-order valence-electron chi connectivity index (χ2n) is 4.78. The van der Waals surface area contributed by atoms with Gasteiger partial charge in [-0.2, -0.15) is 0 Å². The van der Waals surface area contributed by atoms with Gasteiger partial charge in [-0.05, 0) is 72.0 Å². The van der Waals surface area contributed by atoms with Crippen molar-refractivity contribution in [2.75, 3.05) is 0 Å². The number of benzene rings is 1. The molecule has 0 bridgehead atoms. The molecule has 1 nitrogen and oxygen atoms in total. The van der Waals surface area contributed by atoms with Crippen molar-refractivity contribution in [3.05, 3.63) is 40.1 Å². The lowest BCUT2D eigenvalue weighted by molar-refractivity contribution is 0.465. The zero-order valence-corrected chi connectivity index (χ0v) is 13.2. The maximum atomic E-state index is 5.76. The SMILES string of the molecule is CCCCCC/C=C(\Br)Oc1cc(C)cc(C)c1. The van der Waals surface area contributed by atoms with Gasteiger partial charge in [-0.3, -0.25) is 0 Å². The molecule has 0 fully saturated rings. The Labute approximate surface area is 119 Å². The van der Waals surface area contributed by atoms with Crippen LogP contribution in [0.2, 0.25) is 0 Å². The first-order chi connectivity index (χ1) is 8.61. The minimum absolute atomic E-state index is 0.823. The fourth-order valence-electron chi connectivity index (χ4n) is 1.93. The minimum Gasteiger partial charge on any atom is -0.450 e. The van der Waals surface area contributed by atoms with Gasteiger partial charge in [-0.15, -0.1) is 0 Å². The Bertz CT molecular complexity index is 376. The number of allylic oxidation sites excluding steroid dienone is 1. The number of hydrogen-bond acceptors (Lipinski definition) is 1. The highest BCUT2D eigenvalue weighted by molar-refractivity contribution is 9.11. The van der Waals surface area contributed by atoms with Crippen LogP contribution < -0.4 is 4.74 Å². The van der Waals surface area contributed by atoms with Crippen LogP contribution in [0.1, 0.15) is 50.2 Å². The first-order valence-electron chi connectivity index (χ1n) is 6.73. The highest BCUT2D eigenvalue weighted by atomic mass is 79.9. The Morgan fingerprint density at radius 1 is 1.11 bits per heavy atom. The van der Waals surface area contributed by atoms with Crippen LogP contribution in [0.5, 0.6) is 5.75 Å². The van der Waals surface area contributed by atoms with Crippen molar-refractivity contribution in [3.63, 3.8) is 0 Å². The van der Waals surface area contributed by atoms with E-state index in [9.17, 15) is 0 Å². The van der Waals surface area contributed by atoms with Gasteiger partial charge in [0.2, 0.25) is 0 Å². The van der Waals surface area contributed by atoms with Crippen LogP contribution in [-0.4, -0.2) is 0 Å². The summed E-state index contributed by atoms with van der Waals surface area (Å²) in [5.74, 6) is 0.907. The van der Waals surface area contributed by atoms with E-state index in [1.807, 2.05) is 0 Å². The third kappa shape index (κ3) is 6.25. The summed E-state index contributed by atoms with van der Waals surface area (Å²) in [7, 11) is 0. The molecule has 1 aromatic carbocycles. The molecule has 0 radical (unpaired) electrons. The van der Waals surface area contributed by atoms with E-state index >= 15 is 0 Å². The molecule has 0 saturated carbocycles. The molecule has 100 valence electrons. The van der Waals surface area contributed by atoms with Crippen molar-refractivity contribution in [2.45, 2.75) is 52.9 Å². The van der Waals surface area contributed by atoms with Crippen molar-refractivity contribution < 1.29 is 4.74 Å². The Balaban J connectivity index is 2.43. The van der Waals surface area contributed by atoms with Gasteiger partial charge in [0.25, 0.3) is 0 Å². The fourth-order valence-corrected chi connectivity index (χ4v) is 2.35. The van der Waals surface area contributed by atoms with Gasteiger partial charge in [0.1, 0.15) is 5.75 Å². The van der Waals surface area contributed by atoms with Gasteiger partial charge in [-0.1, -0.05) is 32.3 Å². The predicted molar refractivity (Wildman–Crippen MR) is 82.3 cm³/mol. The van der Waals surface area contributed by atoms with Crippen molar-refractivity contribution in [3.8, 4) is 5.75 Å². The minimum atomic E-state index is 0.823. The average molecular weight is 311 g/mol. The zero-order valence-electron chi connectivity index (χ0n) is 11.6. The van der Waals surface area contributed by atoms with Crippen LogP contribution >= 0.6 is 15.9 Å². The zero-order chi connectivity index (χ0) is 13.4. The van der Waals surface area contributed by atoms with Crippen molar-refractivity contribution in [1.82, 2.24) is 0 Å². The Hall–Kier alpha value is -0.760. The predicted octanol–water partition coefficient (Wildman–Crippen LogP) is 5.89. The quantitative estimate of drug-likeness (QED) is 0.451. The number of halogens is 1. The molecular formula is C16H23BrO. The highest BCUT2D eigenvalue weighted by Crippen LogP contribution is 2.21. The van der Waals surface area contributed by atoms with E-state index in [0.29, 0.717) is 0 Å². The molecule has 1 aromatic rings. The fraction of sp³-hybridized carbons (Fsp3) is 0.500. The number of rotatable bonds is 7. The molecule has 0 spiro atoms.